The van der Waals surface area contributed by atoms with Crippen LogP contribution in [0.5, 0.6) is 0 Å². The molecule has 2 rings (SSSR count). The Morgan fingerprint density at radius 3 is 1.48 bits per heavy atom. The van der Waals surface area contributed by atoms with E-state index in [1.165, 1.54) is 20.8 Å². The summed E-state index contributed by atoms with van der Waals surface area (Å²) >= 11 is 23.9. The molecule has 5 nitrogen and oxygen atoms in total. The number of benzene rings is 1. The normalized spacial score (nSPS) is 16.0. The van der Waals surface area contributed by atoms with Crippen molar-refractivity contribution in [1.82, 2.24) is 0 Å². The molecule has 0 atom stereocenters. The van der Waals surface area contributed by atoms with Crippen LogP contribution < -0.4 is 0 Å². The third-order valence-corrected chi connectivity index (χ3v) is 5.44. The molecule has 134 valence electrons. The van der Waals surface area contributed by atoms with Crippen LogP contribution in [0, 0.1) is 5.41 Å². The largest absolute Gasteiger partial charge is 0.459 e. The highest BCUT2D eigenvalue weighted by atomic mass is 35.5. The SMILES string of the molecule is CC(=O)C1(C(=O)OC(C)(C)C)C(=O)c2c(Cl)c(Cl)c(Cl)c(Cl)c2C1=O. The van der Waals surface area contributed by atoms with E-state index in [1.54, 1.807) is 0 Å². The van der Waals surface area contributed by atoms with Crippen LogP contribution in [0.3, 0.4) is 0 Å². The predicted octanol–water partition coefficient (Wildman–Crippen LogP) is 4.60. The molecule has 0 N–H and O–H groups in total. The van der Waals surface area contributed by atoms with Gasteiger partial charge in [-0.3, -0.25) is 14.4 Å². The third kappa shape index (κ3) is 2.78. The first kappa shape index (κ1) is 20.2. The molecule has 0 radical (unpaired) electrons. The van der Waals surface area contributed by atoms with Gasteiger partial charge in [-0.1, -0.05) is 46.4 Å². The summed E-state index contributed by atoms with van der Waals surface area (Å²) in [5, 5.41) is -1.21. The van der Waals surface area contributed by atoms with Crippen molar-refractivity contribution in [2.45, 2.75) is 33.3 Å². The van der Waals surface area contributed by atoms with Crippen LogP contribution in [0.2, 0.25) is 20.1 Å². The number of ether oxygens (including phenoxy) is 1. The second-order valence-electron chi connectivity index (χ2n) is 6.47. The summed E-state index contributed by atoms with van der Waals surface area (Å²) in [7, 11) is 0. The Morgan fingerprint density at radius 2 is 1.20 bits per heavy atom. The fraction of sp³-hybridized carbons (Fsp3) is 0.375. The maximum atomic E-state index is 12.9. The van der Waals surface area contributed by atoms with Crippen molar-refractivity contribution < 1.29 is 23.9 Å². The molecule has 0 bridgehead atoms. The van der Waals surface area contributed by atoms with Crippen LogP contribution in [0.15, 0.2) is 0 Å². The van der Waals surface area contributed by atoms with Crippen molar-refractivity contribution in [3.05, 3.63) is 31.2 Å². The van der Waals surface area contributed by atoms with Crippen molar-refractivity contribution in [1.29, 1.82) is 0 Å². The van der Waals surface area contributed by atoms with E-state index in [-0.39, 0.29) is 20.1 Å². The number of hydrogen-bond acceptors (Lipinski definition) is 5. The van der Waals surface area contributed by atoms with Crippen molar-refractivity contribution in [3.63, 3.8) is 0 Å². The Balaban J connectivity index is 2.84. The quantitative estimate of drug-likeness (QED) is 0.299. The van der Waals surface area contributed by atoms with Gasteiger partial charge in [0.15, 0.2) is 17.3 Å². The van der Waals surface area contributed by atoms with E-state index in [9.17, 15) is 19.2 Å². The van der Waals surface area contributed by atoms with Gasteiger partial charge in [0.05, 0.1) is 31.2 Å². The molecule has 0 spiro atoms. The van der Waals surface area contributed by atoms with Gasteiger partial charge in [0.1, 0.15) is 5.60 Å². The van der Waals surface area contributed by atoms with E-state index in [0.717, 1.165) is 6.92 Å². The molecule has 0 fully saturated rings. The lowest BCUT2D eigenvalue weighted by Gasteiger charge is -2.27. The minimum absolute atomic E-state index is 0.253. The monoisotopic (exact) mass is 424 g/mol. The van der Waals surface area contributed by atoms with Crippen LogP contribution in [-0.2, 0) is 14.3 Å². The number of halogens is 4. The van der Waals surface area contributed by atoms with E-state index in [4.69, 9.17) is 51.1 Å². The van der Waals surface area contributed by atoms with Crippen LogP contribution in [0.1, 0.15) is 48.4 Å². The molecule has 0 saturated carbocycles. The number of fused-ring (bicyclic) bond motifs is 1. The van der Waals surface area contributed by atoms with Crippen molar-refractivity contribution >= 4 is 69.7 Å². The van der Waals surface area contributed by atoms with E-state index in [2.05, 4.69) is 0 Å². The molecule has 1 aliphatic rings. The highest BCUT2D eigenvalue weighted by Crippen LogP contribution is 2.50. The maximum Gasteiger partial charge on any atom is 0.336 e. The molecule has 25 heavy (non-hydrogen) atoms. The molecule has 1 aromatic rings. The zero-order valence-electron chi connectivity index (χ0n) is 13.6. The lowest BCUT2D eigenvalue weighted by molar-refractivity contribution is -0.163. The van der Waals surface area contributed by atoms with Crippen molar-refractivity contribution in [3.8, 4) is 0 Å². The summed E-state index contributed by atoms with van der Waals surface area (Å²) in [6, 6.07) is 0. The zero-order chi connectivity index (χ0) is 19.5. The Bertz CT molecular complexity index is 804. The van der Waals surface area contributed by atoms with E-state index >= 15 is 0 Å². The summed E-state index contributed by atoms with van der Waals surface area (Å²) in [6.45, 7) is 5.53. The average Bonchev–Trinajstić information content (AvgIpc) is 2.70. The first-order valence-corrected chi connectivity index (χ1v) is 8.49. The van der Waals surface area contributed by atoms with Gasteiger partial charge in [0.2, 0.25) is 0 Å². The first-order chi connectivity index (χ1) is 11.3. The summed E-state index contributed by atoms with van der Waals surface area (Å²) in [5.41, 5.74) is -4.58. The summed E-state index contributed by atoms with van der Waals surface area (Å²) in [6.07, 6.45) is 0. The van der Waals surface area contributed by atoms with Crippen LogP contribution >= 0.6 is 46.4 Å². The molecule has 1 aliphatic carbocycles. The van der Waals surface area contributed by atoms with E-state index in [1.807, 2.05) is 0 Å². The van der Waals surface area contributed by atoms with Crippen LogP contribution in [-0.4, -0.2) is 28.9 Å². The van der Waals surface area contributed by atoms with Gasteiger partial charge in [-0.25, -0.2) is 4.79 Å². The Kier molecular flexibility index (Phi) is 5.03. The fourth-order valence-electron chi connectivity index (χ4n) is 2.54. The summed E-state index contributed by atoms with van der Waals surface area (Å²) in [4.78, 5) is 50.8. The van der Waals surface area contributed by atoms with Crippen molar-refractivity contribution in [2.24, 2.45) is 5.41 Å². The standard InChI is InChI=1S/C16H12Cl4O5/c1-5(21)16(14(24)25-15(2,3)4)12(22)6-7(13(16)23)9(18)11(20)10(19)8(6)17/h1-4H3. The minimum atomic E-state index is -2.71. The van der Waals surface area contributed by atoms with Gasteiger partial charge in [0.25, 0.3) is 5.41 Å². The molecule has 0 amide bonds. The summed E-state index contributed by atoms with van der Waals surface area (Å²) in [5.74, 6) is -4.55. The molecular weight excluding hydrogens is 414 g/mol. The second-order valence-corrected chi connectivity index (χ2v) is 7.98. The summed E-state index contributed by atoms with van der Waals surface area (Å²) < 4.78 is 5.15. The van der Waals surface area contributed by atoms with Gasteiger partial charge in [-0.2, -0.15) is 0 Å². The number of carbonyl (C=O) groups is 4. The fourth-order valence-corrected chi connectivity index (χ4v) is 3.56. The van der Waals surface area contributed by atoms with Gasteiger partial charge in [0, 0.05) is 0 Å². The number of rotatable bonds is 2. The minimum Gasteiger partial charge on any atom is -0.459 e. The highest BCUT2D eigenvalue weighted by Gasteiger charge is 2.65. The average molecular weight is 426 g/mol. The smallest absolute Gasteiger partial charge is 0.336 e. The van der Waals surface area contributed by atoms with Gasteiger partial charge >= 0.3 is 5.97 Å². The molecular formula is C16H12Cl4O5. The first-order valence-electron chi connectivity index (χ1n) is 6.98. The Hall–Kier alpha value is -1.14. The topological polar surface area (TPSA) is 77.5 Å². The van der Waals surface area contributed by atoms with Gasteiger partial charge in [-0.05, 0) is 27.7 Å². The third-order valence-electron chi connectivity index (χ3n) is 3.64. The maximum absolute atomic E-state index is 12.9. The van der Waals surface area contributed by atoms with Crippen LogP contribution in [0.4, 0.5) is 0 Å². The lowest BCUT2D eigenvalue weighted by atomic mass is 9.79. The predicted molar refractivity (Wildman–Crippen MR) is 94.1 cm³/mol. The van der Waals surface area contributed by atoms with E-state index in [0.29, 0.717) is 0 Å². The molecule has 9 heteroatoms. The number of Topliss-reactive ketones (excluding diaryl/α,β-unsaturated/α-hetero) is 3. The van der Waals surface area contributed by atoms with Gasteiger partial charge < -0.3 is 4.74 Å². The highest BCUT2D eigenvalue weighted by molar-refractivity contribution is 6.59. The Labute approximate surface area is 163 Å². The van der Waals surface area contributed by atoms with Crippen molar-refractivity contribution in [2.75, 3.05) is 0 Å². The Morgan fingerprint density at radius 1 is 0.840 bits per heavy atom. The van der Waals surface area contributed by atoms with Crippen LogP contribution in [0.25, 0.3) is 0 Å². The molecule has 0 heterocycles. The number of ketones is 3. The zero-order valence-corrected chi connectivity index (χ0v) is 16.6. The molecule has 0 unspecified atom stereocenters. The molecule has 0 aliphatic heterocycles. The lowest BCUT2D eigenvalue weighted by Crippen LogP contribution is -2.50. The molecule has 1 aromatic carbocycles. The second kappa shape index (κ2) is 6.23. The van der Waals surface area contributed by atoms with E-state index < -0.39 is 45.5 Å². The molecule has 0 aromatic heterocycles. The number of esters is 1. The number of carbonyl (C=O) groups excluding carboxylic acids is 4. The molecule has 0 saturated heterocycles. The number of hydrogen-bond donors (Lipinski definition) is 0. The van der Waals surface area contributed by atoms with Gasteiger partial charge in [-0.15, -0.1) is 0 Å².